The number of nitrogens with zero attached hydrogens (tertiary/aromatic N) is 1. The fourth-order valence-electron chi connectivity index (χ4n) is 3.85. The van der Waals surface area contributed by atoms with Gasteiger partial charge in [-0.3, -0.25) is 0 Å². The van der Waals surface area contributed by atoms with Gasteiger partial charge in [-0.25, -0.2) is 4.79 Å². The van der Waals surface area contributed by atoms with E-state index in [1.807, 2.05) is 43.3 Å². The van der Waals surface area contributed by atoms with Crippen molar-refractivity contribution < 1.29 is 23.7 Å². The maximum Gasteiger partial charge on any atom is 0.336 e. The van der Waals surface area contributed by atoms with Crippen LogP contribution in [0.25, 0.3) is 6.08 Å². The number of carbonyl (C=O) groups is 1. The third kappa shape index (κ3) is 5.50. The van der Waals surface area contributed by atoms with E-state index in [1.165, 1.54) is 6.08 Å². The quantitative estimate of drug-likeness (QED) is 0.263. The van der Waals surface area contributed by atoms with Gasteiger partial charge in [0.15, 0.2) is 0 Å². The van der Waals surface area contributed by atoms with Gasteiger partial charge < -0.3 is 24.7 Å². The van der Waals surface area contributed by atoms with Gasteiger partial charge in [-0.1, -0.05) is 37.3 Å². The molecule has 0 spiro atoms. The predicted molar refractivity (Wildman–Crippen MR) is 136 cm³/mol. The molecule has 2 N–H and O–H groups in total. The van der Waals surface area contributed by atoms with E-state index in [-0.39, 0.29) is 5.88 Å². The molecule has 0 radical (unpaired) electrons. The molecular formula is C29H26N2O5. The van der Waals surface area contributed by atoms with Crippen molar-refractivity contribution in [1.82, 2.24) is 0 Å². The summed E-state index contributed by atoms with van der Waals surface area (Å²) in [5.74, 6) is 1.27. The molecule has 0 aromatic heterocycles. The lowest BCUT2D eigenvalue weighted by Crippen LogP contribution is -2.21. The molecule has 0 amide bonds. The first kappa shape index (κ1) is 24.4. The first-order chi connectivity index (χ1) is 17.5. The topological polar surface area (TPSA) is 104 Å². The molecule has 7 heteroatoms. The number of nitriles is 1. The Bertz CT molecular complexity index is 1340. The number of hydrogen-bond donors (Lipinski definition) is 1. The minimum Gasteiger partial charge on any atom is -0.497 e. The number of ether oxygens (including phenoxy) is 4. The van der Waals surface area contributed by atoms with Crippen molar-refractivity contribution in [1.29, 1.82) is 5.26 Å². The summed E-state index contributed by atoms with van der Waals surface area (Å²) in [6, 6.07) is 22.1. The highest BCUT2D eigenvalue weighted by Crippen LogP contribution is 2.43. The predicted octanol–water partition coefficient (Wildman–Crippen LogP) is 5.32. The molecular weight excluding hydrogens is 456 g/mol. The van der Waals surface area contributed by atoms with Crippen molar-refractivity contribution in [3.8, 4) is 29.1 Å². The minimum atomic E-state index is -0.540. The molecule has 1 aliphatic rings. The molecule has 1 atom stereocenters. The van der Waals surface area contributed by atoms with E-state index < -0.39 is 11.9 Å². The van der Waals surface area contributed by atoms with Crippen LogP contribution in [0.1, 0.15) is 36.0 Å². The van der Waals surface area contributed by atoms with Gasteiger partial charge in [-0.2, -0.15) is 5.26 Å². The first-order valence-corrected chi connectivity index (χ1v) is 11.5. The summed E-state index contributed by atoms with van der Waals surface area (Å²) in [6.07, 6.45) is 3.91. The Morgan fingerprint density at radius 1 is 1.06 bits per heavy atom. The van der Waals surface area contributed by atoms with Gasteiger partial charge in [-0.05, 0) is 54.0 Å². The first-order valence-electron chi connectivity index (χ1n) is 11.5. The Labute approximate surface area is 210 Å². The third-order valence-corrected chi connectivity index (χ3v) is 5.62. The molecule has 0 fully saturated rings. The normalized spacial score (nSPS) is 14.5. The highest BCUT2D eigenvalue weighted by atomic mass is 16.5. The molecule has 0 saturated heterocycles. The summed E-state index contributed by atoms with van der Waals surface area (Å²) in [5.41, 5.74) is 8.86. The van der Waals surface area contributed by atoms with Crippen LogP contribution in [0.3, 0.4) is 0 Å². The highest BCUT2D eigenvalue weighted by molar-refractivity contribution is 5.88. The van der Waals surface area contributed by atoms with Gasteiger partial charge in [0.1, 0.15) is 34.6 Å². The van der Waals surface area contributed by atoms with Gasteiger partial charge in [0.25, 0.3) is 0 Å². The maximum atomic E-state index is 12.4. The van der Waals surface area contributed by atoms with Crippen LogP contribution in [0.2, 0.25) is 0 Å². The second-order valence-corrected chi connectivity index (χ2v) is 8.07. The van der Waals surface area contributed by atoms with Crippen LogP contribution in [0, 0.1) is 11.3 Å². The minimum absolute atomic E-state index is 0.0178. The summed E-state index contributed by atoms with van der Waals surface area (Å²) in [6.45, 7) is 2.68. The number of carbonyl (C=O) groups excluding carboxylic acids is 1. The summed E-state index contributed by atoms with van der Waals surface area (Å²) in [7, 11) is 1.59. The third-order valence-electron chi connectivity index (χ3n) is 5.62. The van der Waals surface area contributed by atoms with Gasteiger partial charge >= 0.3 is 5.97 Å². The number of esters is 1. The molecule has 1 heterocycles. The molecule has 3 aromatic rings. The van der Waals surface area contributed by atoms with Crippen LogP contribution in [0.5, 0.6) is 23.0 Å². The average molecular weight is 483 g/mol. The molecule has 1 unspecified atom stereocenters. The summed E-state index contributed by atoms with van der Waals surface area (Å²) in [4.78, 5) is 12.4. The lowest BCUT2D eigenvalue weighted by Gasteiger charge is -2.26. The van der Waals surface area contributed by atoms with Crippen molar-refractivity contribution in [3.05, 3.63) is 101 Å². The Morgan fingerprint density at radius 2 is 1.75 bits per heavy atom. The number of allylic oxidation sites excluding steroid dienone is 1. The zero-order valence-electron chi connectivity index (χ0n) is 20.1. The molecule has 0 saturated carbocycles. The van der Waals surface area contributed by atoms with Crippen molar-refractivity contribution in [2.75, 3.05) is 13.7 Å². The summed E-state index contributed by atoms with van der Waals surface area (Å²) < 4.78 is 22.0. The lowest BCUT2D eigenvalue weighted by atomic mass is 9.83. The zero-order chi connectivity index (χ0) is 25.5. The molecule has 3 aromatic carbocycles. The van der Waals surface area contributed by atoms with E-state index in [0.29, 0.717) is 23.7 Å². The Hall–Kier alpha value is -4.70. The van der Waals surface area contributed by atoms with Crippen LogP contribution in [0.15, 0.2) is 84.3 Å². The molecule has 7 nitrogen and oxygen atoms in total. The van der Waals surface area contributed by atoms with Crippen LogP contribution in [-0.4, -0.2) is 19.7 Å². The fraction of sp³-hybridized carbons (Fsp3) is 0.172. The lowest BCUT2D eigenvalue weighted by molar-refractivity contribution is -0.128. The van der Waals surface area contributed by atoms with Gasteiger partial charge in [0.2, 0.25) is 5.88 Å². The number of rotatable bonds is 8. The fourth-order valence-corrected chi connectivity index (χ4v) is 3.85. The molecule has 0 aliphatic carbocycles. The maximum absolute atomic E-state index is 12.4. The Balaban J connectivity index is 1.54. The Morgan fingerprint density at radius 3 is 2.42 bits per heavy atom. The standard InChI is InChI=1S/C29H26N2O5/c1-3-16-34-22-11-7-20(8-12-22)28-24-14-13-23(17-26(24)36-29(31)25(28)18-30)35-27(32)15-6-19-4-9-21(33-2)10-5-19/h4-15,17,28H,3,16,31H2,1-2H3/b15-6+. The number of benzene rings is 3. The molecule has 0 bridgehead atoms. The van der Waals surface area contributed by atoms with E-state index >= 15 is 0 Å². The number of hydrogen-bond acceptors (Lipinski definition) is 7. The second kappa shape index (κ2) is 11.2. The van der Waals surface area contributed by atoms with E-state index in [4.69, 9.17) is 24.7 Å². The molecule has 36 heavy (non-hydrogen) atoms. The van der Waals surface area contributed by atoms with Crippen molar-refractivity contribution in [2.24, 2.45) is 5.73 Å². The monoisotopic (exact) mass is 482 g/mol. The second-order valence-electron chi connectivity index (χ2n) is 8.07. The zero-order valence-corrected chi connectivity index (χ0v) is 20.1. The largest absolute Gasteiger partial charge is 0.497 e. The average Bonchev–Trinajstić information content (AvgIpc) is 2.90. The molecule has 182 valence electrons. The number of methoxy groups -OCH3 is 1. The number of nitrogens with two attached hydrogens (primary N) is 1. The van der Waals surface area contributed by atoms with Gasteiger partial charge in [0.05, 0.1) is 19.6 Å². The van der Waals surface area contributed by atoms with Crippen molar-refractivity contribution in [2.45, 2.75) is 19.3 Å². The SMILES string of the molecule is CCCOc1ccc(C2C(C#N)=C(N)Oc3cc(OC(=O)/C=C/c4ccc(OC)cc4)ccc32)cc1. The van der Waals surface area contributed by atoms with Gasteiger partial charge in [-0.15, -0.1) is 0 Å². The molecule has 1 aliphatic heterocycles. The summed E-state index contributed by atoms with van der Waals surface area (Å²) >= 11 is 0. The molecule has 4 rings (SSSR count). The van der Waals surface area contributed by atoms with E-state index in [1.54, 1.807) is 43.5 Å². The highest BCUT2D eigenvalue weighted by Gasteiger charge is 2.31. The van der Waals surface area contributed by atoms with E-state index in [9.17, 15) is 10.1 Å². The van der Waals surface area contributed by atoms with Crippen molar-refractivity contribution >= 4 is 12.0 Å². The van der Waals surface area contributed by atoms with Crippen LogP contribution in [0.4, 0.5) is 0 Å². The van der Waals surface area contributed by atoms with Crippen LogP contribution in [-0.2, 0) is 4.79 Å². The smallest absolute Gasteiger partial charge is 0.336 e. The Kier molecular flexibility index (Phi) is 7.57. The van der Waals surface area contributed by atoms with Crippen LogP contribution < -0.4 is 24.7 Å². The van der Waals surface area contributed by atoms with E-state index in [0.717, 1.165) is 34.6 Å². The van der Waals surface area contributed by atoms with Gasteiger partial charge in [0, 0.05) is 17.7 Å². The summed E-state index contributed by atoms with van der Waals surface area (Å²) in [5, 5.41) is 9.77. The van der Waals surface area contributed by atoms with E-state index in [2.05, 4.69) is 6.07 Å². The number of fused-ring (bicyclic) bond motifs is 1. The van der Waals surface area contributed by atoms with Crippen LogP contribution >= 0.6 is 0 Å². The van der Waals surface area contributed by atoms with Crippen molar-refractivity contribution in [3.63, 3.8) is 0 Å².